The molecule has 1 N–H and O–H groups in total. The van der Waals surface area contributed by atoms with E-state index in [1.807, 2.05) is 32.0 Å². The first-order chi connectivity index (χ1) is 14.8. The molecule has 5 rings (SSSR count). The highest BCUT2D eigenvalue weighted by Crippen LogP contribution is 2.60. The van der Waals surface area contributed by atoms with Gasteiger partial charge in [0.25, 0.3) is 5.91 Å². The van der Waals surface area contributed by atoms with Crippen molar-refractivity contribution in [1.29, 1.82) is 0 Å². The zero-order valence-electron chi connectivity index (χ0n) is 17.1. The molecule has 2 bridgehead atoms. The summed E-state index contributed by atoms with van der Waals surface area (Å²) in [6.07, 6.45) is 0.907. The van der Waals surface area contributed by atoms with Gasteiger partial charge in [0.2, 0.25) is 11.8 Å². The van der Waals surface area contributed by atoms with Crippen molar-refractivity contribution in [3.63, 3.8) is 0 Å². The molecule has 0 spiro atoms. The second-order valence-electron chi connectivity index (χ2n) is 8.82. The molecule has 160 valence electrons. The molecule has 2 saturated carbocycles. The average Bonchev–Trinajstić information content (AvgIpc) is 3.36. The molecule has 1 aliphatic heterocycles. The van der Waals surface area contributed by atoms with Crippen LogP contribution >= 0.6 is 31.9 Å². The normalized spacial score (nSPS) is 31.3. The maximum Gasteiger partial charge on any atom is 0.255 e. The molecule has 1 saturated heterocycles. The number of carbonyl (C=O) groups is 3. The van der Waals surface area contributed by atoms with Crippen LogP contribution in [-0.2, 0) is 9.59 Å². The lowest BCUT2D eigenvalue weighted by atomic mass is 9.81. The Kier molecular flexibility index (Phi) is 5.09. The van der Waals surface area contributed by atoms with Crippen molar-refractivity contribution < 1.29 is 14.4 Å². The Balaban J connectivity index is 1.34. The molecule has 3 aliphatic rings. The molecule has 31 heavy (non-hydrogen) atoms. The fourth-order valence-corrected chi connectivity index (χ4v) is 7.26. The molecule has 2 aliphatic carbocycles. The van der Waals surface area contributed by atoms with Crippen LogP contribution in [0, 0.1) is 37.5 Å². The van der Waals surface area contributed by atoms with Crippen molar-refractivity contribution in [2.45, 2.75) is 29.9 Å². The highest BCUT2D eigenvalue weighted by molar-refractivity contribution is 9.12. The number of imide groups is 1. The van der Waals surface area contributed by atoms with E-state index in [0.29, 0.717) is 11.3 Å². The highest BCUT2D eigenvalue weighted by atomic mass is 79.9. The van der Waals surface area contributed by atoms with E-state index in [1.54, 1.807) is 24.3 Å². The predicted molar refractivity (Wildman–Crippen MR) is 127 cm³/mol. The summed E-state index contributed by atoms with van der Waals surface area (Å²) in [6.45, 7) is 4.03. The minimum absolute atomic E-state index is 0.112. The Morgan fingerprint density at radius 3 is 2.03 bits per heavy atom. The highest BCUT2D eigenvalue weighted by Gasteiger charge is 2.66. The van der Waals surface area contributed by atoms with Crippen LogP contribution in [0.15, 0.2) is 42.5 Å². The molecule has 6 atom stereocenters. The number of hydrogen-bond acceptors (Lipinski definition) is 3. The number of hydrogen-bond donors (Lipinski definition) is 1. The van der Waals surface area contributed by atoms with Crippen LogP contribution in [0.1, 0.15) is 27.9 Å². The lowest BCUT2D eigenvalue weighted by Gasteiger charge is -2.28. The molecule has 2 aromatic carbocycles. The van der Waals surface area contributed by atoms with Gasteiger partial charge in [0.1, 0.15) is 0 Å². The maximum atomic E-state index is 13.1. The van der Waals surface area contributed by atoms with Gasteiger partial charge in [-0.1, -0.05) is 37.9 Å². The number of fused-ring (bicyclic) bond motifs is 5. The lowest BCUT2D eigenvalue weighted by Crippen LogP contribution is -2.37. The molecular formula is C24H22Br2N2O3. The summed E-state index contributed by atoms with van der Waals surface area (Å²) in [5.74, 6) is -0.579. The van der Waals surface area contributed by atoms with Gasteiger partial charge in [-0.05, 0) is 79.6 Å². The van der Waals surface area contributed by atoms with Gasteiger partial charge >= 0.3 is 0 Å². The number of nitrogens with zero attached hydrogens (tertiary/aromatic N) is 1. The topological polar surface area (TPSA) is 66.5 Å². The molecule has 0 unspecified atom stereocenters. The zero-order valence-corrected chi connectivity index (χ0v) is 20.3. The summed E-state index contributed by atoms with van der Waals surface area (Å²) in [5, 5.41) is 2.90. The van der Waals surface area contributed by atoms with Crippen LogP contribution in [-0.4, -0.2) is 27.4 Å². The molecule has 1 heterocycles. The van der Waals surface area contributed by atoms with Crippen LogP contribution in [0.5, 0.6) is 0 Å². The van der Waals surface area contributed by atoms with Crippen molar-refractivity contribution in [2.75, 3.05) is 10.2 Å². The summed E-state index contributed by atoms with van der Waals surface area (Å²) < 4.78 is 0. The summed E-state index contributed by atoms with van der Waals surface area (Å²) in [6, 6.07) is 12.5. The second-order valence-corrected chi connectivity index (χ2v) is 10.9. The largest absolute Gasteiger partial charge is 0.322 e. The number of amides is 3. The number of anilines is 2. The predicted octanol–water partition coefficient (Wildman–Crippen LogP) is 4.84. The number of alkyl halides is 2. The van der Waals surface area contributed by atoms with Gasteiger partial charge in [-0.25, -0.2) is 0 Å². The van der Waals surface area contributed by atoms with Crippen LogP contribution in [0.2, 0.25) is 0 Å². The fraction of sp³-hybridized carbons (Fsp3) is 0.375. The third-order valence-corrected chi connectivity index (χ3v) is 10.3. The van der Waals surface area contributed by atoms with Gasteiger partial charge in [-0.2, -0.15) is 0 Å². The minimum Gasteiger partial charge on any atom is -0.322 e. The number of rotatable bonds is 3. The molecule has 7 heteroatoms. The summed E-state index contributed by atoms with van der Waals surface area (Å²) in [7, 11) is 0. The van der Waals surface area contributed by atoms with Gasteiger partial charge in [-0.3, -0.25) is 19.3 Å². The van der Waals surface area contributed by atoms with Crippen LogP contribution in [0.3, 0.4) is 0 Å². The number of nitrogens with one attached hydrogen (secondary N) is 1. The molecule has 5 nitrogen and oxygen atoms in total. The third-order valence-electron chi connectivity index (χ3n) is 7.14. The van der Waals surface area contributed by atoms with Crippen molar-refractivity contribution in [2.24, 2.45) is 23.7 Å². The number of aryl methyl sites for hydroxylation is 2. The van der Waals surface area contributed by atoms with Crippen LogP contribution in [0.4, 0.5) is 11.4 Å². The van der Waals surface area contributed by atoms with E-state index in [-0.39, 0.29) is 51.0 Å². The Bertz CT molecular complexity index is 1070. The molecule has 0 radical (unpaired) electrons. The van der Waals surface area contributed by atoms with E-state index in [1.165, 1.54) is 4.90 Å². The first-order valence-electron chi connectivity index (χ1n) is 10.4. The SMILES string of the molecule is Cc1ccc(NC(=O)c2ccc(N3C(=O)[C@@H]4[C@H]5C[C@@H]([C@H](Br)[C@@H]5Br)[C@@H]4C3=O)cc2)cc1C. The van der Waals surface area contributed by atoms with Crippen molar-refractivity contribution in [1.82, 2.24) is 0 Å². The summed E-state index contributed by atoms with van der Waals surface area (Å²) >= 11 is 7.42. The van der Waals surface area contributed by atoms with E-state index in [2.05, 4.69) is 37.2 Å². The van der Waals surface area contributed by atoms with Crippen molar-refractivity contribution in [3.8, 4) is 0 Å². The van der Waals surface area contributed by atoms with Gasteiger partial charge in [-0.15, -0.1) is 0 Å². The van der Waals surface area contributed by atoms with E-state index in [9.17, 15) is 14.4 Å². The molecule has 2 aromatic rings. The standard InChI is InChI=1S/C24H22Br2N2O3/c1-11-3-6-14(9-12(11)2)27-22(29)13-4-7-15(8-5-13)28-23(30)18-16-10-17(19(18)24(28)31)21(26)20(16)25/h3-9,16-21H,10H2,1-2H3,(H,27,29)/t16-,17-,18-,19+,20-,21+/m1/s1. The quantitative estimate of drug-likeness (QED) is 0.443. The number of carbonyl (C=O) groups excluding carboxylic acids is 3. The molecule has 0 aromatic heterocycles. The first-order valence-corrected chi connectivity index (χ1v) is 12.3. The van der Waals surface area contributed by atoms with Crippen molar-refractivity contribution >= 4 is 61.0 Å². The van der Waals surface area contributed by atoms with Gasteiger partial charge < -0.3 is 5.32 Å². The Hall–Kier alpha value is -1.99. The van der Waals surface area contributed by atoms with Gasteiger partial charge in [0.15, 0.2) is 0 Å². The average molecular weight is 546 g/mol. The second kappa shape index (κ2) is 7.55. The van der Waals surface area contributed by atoms with E-state index >= 15 is 0 Å². The lowest BCUT2D eigenvalue weighted by molar-refractivity contribution is -0.123. The van der Waals surface area contributed by atoms with Crippen LogP contribution in [0.25, 0.3) is 0 Å². The first kappa shape index (κ1) is 20.9. The minimum atomic E-state index is -0.247. The molecule has 3 amide bonds. The van der Waals surface area contributed by atoms with E-state index in [0.717, 1.165) is 23.2 Å². The van der Waals surface area contributed by atoms with Crippen molar-refractivity contribution in [3.05, 3.63) is 59.2 Å². The zero-order chi connectivity index (χ0) is 22.0. The summed E-state index contributed by atoms with van der Waals surface area (Å²) in [5.41, 5.74) is 4.01. The maximum absolute atomic E-state index is 13.1. The fourth-order valence-electron chi connectivity index (χ4n) is 5.39. The number of benzene rings is 2. The van der Waals surface area contributed by atoms with Crippen LogP contribution < -0.4 is 10.2 Å². The Labute approximate surface area is 197 Å². The molecular weight excluding hydrogens is 524 g/mol. The summed E-state index contributed by atoms with van der Waals surface area (Å²) in [4.78, 5) is 40.7. The third kappa shape index (κ3) is 3.20. The Morgan fingerprint density at radius 2 is 1.48 bits per heavy atom. The van der Waals surface area contributed by atoms with Gasteiger partial charge in [0, 0.05) is 20.9 Å². The Morgan fingerprint density at radius 1 is 0.903 bits per heavy atom. The van der Waals surface area contributed by atoms with Gasteiger partial charge in [0.05, 0.1) is 17.5 Å². The van der Waals surface area contributed by atoms with E-state index < -0.39 is 0 Å². The number of halogens is 2. The van der Waals surface area contributed by atoms with E-state index in [4.69, 9.17) is 0 Å². The smallest absolute Gasteiger partial charge is 0.255 e. The monoisotopic (exact) mass is 544 g/mol. The molecule has 3 fully saturated rings.